The van der Waals surface area contributed by atoms with E-state index in [9.17, 15) is 14.9 Å². The fourth-order valence-corrected chi connectivity index (χ4v) is 4.37. The van der Waals surface area contributed by atoms with Gasteiger partial charge in [0.1, 0.15) is 17.5 Å². The van der Waals surface area contributed by atoms with Gasteiger partial charge in [0, 0.05) is 49.2 Å². The molecule has 33 heavy (non-hydrogen) atoms. The molecule has 3 aromatic rings. The molecular formula is C24H23N5O4. The van der Waals surface area contributed by atoms with Crippen molar-refractivity contribution in [3.8, 4) is 17.2 Å². The van der Waals surface area contributed by atoms with Gasteiger partial charge in [0.05, 0.1) is 11.2 Å². The zero-order valence-corrected chi connectivity index (χ0v) is 18.1. The summed E-state index contributed by atoms with van der Waals surface area (Å²) in [4.78, 5) is 40.6. The Morgan fingerprint density at radius 2 is 2.03 bits per heavy atom. The van der Waals surface area contributed by atoms with E-state index in [0.29, 0.717) is 30.6 Å². The highest BCUT2D eigenvalue weighted by molar-refractivity contribution is 5.88. The standard InChI is InChI=1S/C23H21N5O2.CH2O2/c1-27-19-5-3-2-4-14(19)10-15(23(27)30)20-16(11-24)21(25)26-18-8-9-28(12-17(18)20)22(29)13-6-7-13;2-1-3/h2-5,10,13H,6-9,12H2,1H3,(H2,25,26);1H,(H,2,3). The van der Waals surface area contributed by atoms with Gasteiger partial charge in [-0.3, -0.25) is 14.4 Å². The lowest BCUT2D eigenvalue weighted by atomic mass is 9.91. The lowest BCUT2D eigenvalue weighted by Gasteiger charge is -2.30. The second kappa shape index (κ2) is 8.74. The van der Waals surface area contributed by atoms with Crippen LogP contribution in [0.5, 0.6) is 0 Å². The van der Waals surface area contributed by atoms with Crippen molar-refractivity contribution in [2.75, 3.05) is 12.3 Å². The van der Waals surface area contributed by atoms with Gasteiger partial charge < -0.3 is 20.3 Å². The smallest absolute Gasteiger partial charge is 0.290 e. The fourth-order valence-electron chi connectivity index (χ4n) is 4.37. The Labute approximate surface area is 189 Å². The second-order valence-electron chi connectivity index (χ2n) is 8.15. The summed E-state index contributed by atoms with van der Waals surface area (Å²) >= 11 is 0. The van der Waals surface area contributed by atoms with Crippen LogP contribution in [0, 0.1) is 17.2 Å². The van der Waals surface area contributed by atoms with E-state index in [1.807, 2.05) is 35.2 Å². The van der Waals surface area contributed by atoms with Gasteiger partial charge in [-0.05, 0) is 30.4 Å². The molecule has 9 heteroatoms. The first-order chi connectivity index (χ1) is 15.9. The van der Waals surface area contributed by atoms with Crippen molar-refractivity contribution >= 4 is 29.1 Å². The molecule has 0 unspecified atom stereocenters. The quantitative estimate of drug-likeness (QED) is 0.575. The molecular weight excluding hydrogens is 422 g/mol. The molecule has 0 bridgehead atoms. The van der Waals surface area contributed by atoms with Crippen LogP contribution in [0.15, 0.2) is 35.1 Å². The minimum atomic E-state index is -0.250. The van der Waals surface area contributed by atoms with Crippen LogP contribution in [-0.4, -0.2) is 38.5 Å². The van der Waals surface area contributed by atoms with Crippen molar-refractivity contribution in [1.82, 2.24) is 14.5 Å². The number of pyridine rings is 2. The van der Waals surface area contributed by atoms with Crippen molar-refractivity contribution < 1.29 is 14.7 Å². The van der Waals surface area contributed by atoms with Crippen LogP contribution < -0.4 is 11.3 Å². The Hall–Kier alpha value is -4.19. The lowest BCUT2D eigenvalue weighted by Crippen LogP contribution is -2.38. The molecule has 0 atom stereocenters. The summed E-state index contributed by atoms with van der Waals surface area (Å²) in [6.45, 7) is 0.674. The number of anilines is 1. The summed E-state index contributed by atoms with van der Waals surface area (Å²) in [5.74, 6) is 0.387. The Morgan fingerprint density at radius 1 is 1.33 bits per heavy atom. The van der Waals surface area contributed by atoms with Gasteiger partial charge in [-0.2, -0.15) is 5.26 Å². The van der Waals surface area contributed by atoms with Crippen LogP contribution >= 0.6 is 0 Å². The first-order valence-corrected chi connectivity index (χ1v) is 10.6. The zero-order chi connectivity index (χ0) is 23.7. The fraction of sp³-hybridized carbons (Fsp3) is 0.292. The van der Waals surface area contributed by atoms with Gasteiger partial charge in [0.25, 0.3) is 12.0 Å². The number of benzene rings is 1. The van der Waals surface area contributed by atoms with Crippen LogP contribution in [0.2, 0.25) is 0 Å². The summed E-state index contributed by atoms with van der Waals surface area (Å²) in [7, 11) is 1.72. The van der Waals surface area contributed by atoms with Gasteiger partial charge in [0.2, 0.25) is 5.91 Å². The minimum Gasteiger partial charge on any atom is -0.483 e. The summed E-state index contributed by atoms with van der Waals surface area (Å²) in [6.07, 6.45) is 2.43. The van der Waals surface area contributed by atoms with E-state index in [-0.39, 0.29) is 35.2 Å². The molecule has 0 saturated heterocycles. The number of nitrogens with zero attached hydrogens (tertiary/aromatic N) is 4. The zero-order valence-electron chi connectivity index (χ0n) is 18.1. The number of aryl methyl sites for hydroxylation is 1. The first kappa shape index (κ1) is 22.0. The second-order valence-corrected chi connectivity index (χ2v) is 8.15. The SMILES string of the molecule is Cn1c(=O)c(-c2c(C#N)c(N)nc3c2CN(C(=O)C2CC2)CC3)cc2ccccc21.O=CO. The van der Waals surface area contributed by atoms with E-state index < -0.39 is 0 Å². The molecule has 9 nitrogen and oxygen atoms in total. The predicted molar refractivity (Wildman–Crippen MR) is 122 cm³/mol. The number of carbonyl (C=O) groups is 2. The summed E-state index contributed by atoms with van der Waals surface area (Å²) in [5.41, 5.74) is 9.37. The molecule has 3 N–H and O–H groups in total. The van der Waals surface area contributed by atoms with Crippen LogP contribution in [0.25, 0.3) is 22.0 Å². The summed E-state index contributed by atoms with van der Waals surface area (Å²) < 4.78 is 1.59. The number of carboxylic acid groups (broad SMARTS) is 1. The van der Waals surface area contributed by atoms with Gasteiger partial charge in [-0.25, -0.2) is 4.98 Å². The van der Waals surface area contributed by atoms with Crippen LogP contribution in [0.3, 0.4) is 0 Å². The van der Waals surface area contributed by atoms with Gasteiger partial charge in [-0.15, -0.1) is 0 Å². The molecule has 168 valence electrons. The number of amides is 1. The molecule has 2 aliphatic rings. The summed E-state index contributed by atoms with van der Waals surface area (Å²) in [5, 5.41) is 17.6. The number of nitrogens with two attached hydrogens (primary N) is 1. The van der Waals surface area contributed by atoms with E-state index >= 15 is 0 Å². The highest BCUT2D eigenvalue weighted by Gasteiger charge is 2.36. The molecule has 3 heterocycles. The Bertz CT molecular complexity index is 1370. The molecule has 1 aliphatic carbocycles. The Morgan fingerprint density at radius 3 is 2.70 bits per heavy atom. The maximum absolute atomic E-state index is 13.3. The number of nitrogen functional groups attached to an aromatic ring is 1. The average molecular weight is 445 g/mol. The molecule has 0 spiro atoms. The molecule has 1 amide bonds. The number of para-hydroxylation sites is 1. The normalized spacial score (nSPS) is 14.6. The highest BCUT2D eigenvalue weighted by atomic mass is 16.3. The Kier molecular flexibility index (Phi) is 5.84. The molecule has 1 aliphatic heterocycles. The van der Waals surface area contributed by atoms with Crippen molar-refractivity contribution in [3.63, 3.8) is 0 Å². The number of rotatable bonds is 2. The van der Waals surface area contributed by atoms with Crippen LogP contribution in [0.1, 0.15) is 29.7 Å². The molecule has 1 aromatic carbocycles. The Balaban J connectivity index is 0.000000821. The summed E-state index contributed by atoms with van der Waals surface area (Å²) in [6, 6.07) is 11.6. The highest BCUT2D eigenvalue weighted by Crippen LogP contribution is 2.37. The maximum Gasteiger partial charge on any atom is 0.290 e. The van der Waals surface area contributed by atoms with E-state index in [2.05, 4.69) is 11.1 Å². The molecule has 2 aromatic heterocycles. The predicted octanol–water partition coefficient (Wildman–Crippen LogP) is 2.05. The van der Waals surface area contributed by atoms with Gasteiger partial charge in [-0.1, -0.05) is 18.2 Å². The maximum atomic E-state index is 13.3. The first-order valence-electron chi connectivity index (χ1n) is 10.6. The van der Waals surface area contributed by atoms with Crippen LogP contribution in [-0.2, 0) is 29.6 Å². The van der Waals surface area contributed by atoms with E-state index in [1.54, 1.807) is 11.6 Å². The van der Waals surface area contributed by atoms with Crippen LogP contribution in [0.4, 0.5) is 5.82 Å². The van der Waals surface area contributed by atoms with E-state index in [1.165, 1.54) is 0 Å². The minimum absolute atomic E-state index is 0.112. The monoisotopic (exact) mass is 445 g/mol. The third kappa shape index (κ3) is 3.91. The number of carbonyl (C=O) groups excluding carboxylic acids is 1. The number of nitriles is 1. The number of hydrogen-bond acceptors (Lipinski definition) is 6. The third-order valence-corrected chi connectivity index (χ3v) is 6.13. The van der Waals surface area contributed by atoms with Crippen molar-refractivity contribution in [3.05, 3.63) is 57.5 Å². The molecule has 1 saturated carbocycles. The molecule has 0 radical (unpaired) electrons. The molecule has 1 fully saturated rings. The topological polar surface area (TPSA) is 142 Å². The van der Waals surface area contributed by atoms with Gasteiger partial charge in [0.15, 0.2) is 0 Å². The number of hydrogen-bond donors (Lipinski definition) is 2. The largest absolute Gasteiger partial charge is 0.483 e. The van der Waals surface area contributed by atoms with Crippen molar-refractivity contribution in [1.29, 1.82) is 5.26 Å². The average Bonchev–Trinajstić information content (AvgIpc) is 3.66. The van der Waals surface area contributed by atoms with Crippen molar-refractivity contribution in [2.24, 2.45) is 13.0 Å². The van der Waals surface area contributed by atoms with E-state index in [4.69, 9.17) is 15.6 Å². The van der Waals surface area contributed by atoms with E-state index in [0.717, 1.165) is 35.0 Å². The third-order valence-electron chi connectivity index (χ3n) is 6.13. The molecule has 5 rings (SSSR count). The number of fused-ring (bicyclic) bond motifs is 2. The lowest BCUT2D eigenvalue weighted by molar-refractivity contribution is -0.133. The van der Waals surface area contributed by atoms with Gasteiger partial charge >= 0.3 is 0 Å². The van der Waals surface area contributed by atoms with Crippen molar-refractivity contribution in [2.45, 2.75) is 25.8 Å². The number of aromatic nitrogens is 2.